The van der Waals surface area contributed by atoms with Crippen molar-refractivity contribution in [2.75, 3.05) is 5.75 Å². The zero-order chi connectivity index (χ0) is 19.5. The van der Waals surface area contributed by atoms with Crippen molar-refractivity contribution in [3.05, 3.63) is 17.0 Å². The zero-order valence-electron chi connectivity index (χ0n) is 17.5. The molecule has 1 aliphatic carbocycles. The standard InChI is InChI=1S/C22H38N2O2S/c1-4-6-7-8-9-10-11-12-13-19-22-20(23-25)15-18(14-17(3)27-5-2)16-21(22)26-24-19/h17-18,25H,4-16H2,1-3H3/b23-20+/t17-,18+/m1/s1. The molecule has 0 saturated carbocycles. The molecule has 1 heterocycles. The Kier molecular flexibility index (Phi) is 10.3. The zero-order valence-corrected chi connectivity index (χ0v) is 18.3. The van der Waals surface area contributed by atoms with Crippen LogP contribution >= 0.6 is 11.8 Å². The molecule has 0 aliphatic heterocycles. The topological polar surface area (TPSA) is 58.6 Å². The minimum Gasteiger partial charge on any atom is -0.411 e. The third kappa shape index (κ3) is 7.17. The van der Waals surface area contributed by atoms with Crippen LogP contribution in [0.2, 0.25) is 0 Å². The maximum Gasteiger partial charge on any atom is 0.146 e. The highest BCUT2D eigenvalue weighted by molar-refractivity contribution is 7.99. The van der Waals surface area contributed by atoms with Crippen LogP contribution in [-0.2, 0) is 12.8 Å². The largest absolute Gasteiger partial charge is 0.411 e. The molecule has 5 heteroatoms. The quantitative estimate of drug-likeness (QED) is 0.232. The minimum atomic E-state index is 0.487. The second kappa shape index (κ2) is 12.5. The third-order valence-electron chi connectivity index (χ3n) is 5.58. The Morgan fingerprint density at radius 2 is 1.81 bits per heavy atom. The van der Waals surface area contributed by atoms with Gasteiger partial charge in [0, 0.05) is 11.7 Å². The molecule has 0 bridgehead atoms. The SMILES string of the molecule is CCCCCCCCCCc1noc2c1/C(=N/O)C[C@H](C[C@@H](C)SCC)C2. The highest BCUT2D eigenvalue weighted by atomic mass is 32.2. The van der Waals surface area contributed by atoms with Crippen LogP contribution in [-0.4, -0.2) is 27.1 Å². The molecule has 0 unspecified atom stereocenters. The molecule has 0 amide bonds. The van der Waals surface area contributed by atoms with Crippen LogP contribution in [0.15, 0.2) is 9.68 Å². The Balaban J connectivity index is 1.82. The van der Waals surface area contributed by atoms with Crippen molar-refractivity contribution in [3.8, 4) is 0 Å². The van der Waals surface area contributed by atoms with Gasteiger partial charge in [0.25, 0.3) is 0 Å². The lowest BCUT2D eigenvalue weighted by Crippen LogP contribution is -2.23. The molecule has 0 saturated heterocycles. The maximum absolute atomic E-state index is 9.56. The molecule has 1 N–H and O–H groups in total. The molecule has 0 aromatic carbocycles. The van der Waals surface area contributed by atoms with Crippen molar-refractivity contribution < 1.29 is 9.73 Å². The van der Waals surface area contributed by atoms with Gasteiger partial charge >= 0.3 is 0 Å². The third-order valence-corrected chi connectivity index (χ3v) is 6.68. The van der Waals surface area contributed by atoms with E-state index in [1.165, 1.54) is 44.9 Å². The fourth-order valence-corrected chi connectivity index (χ4v) is 5.19. The van der Waals surface area contributed by atoms with Gasteiger partial charge in [0.05, 0.1) is 17.0 Å². The fourth-order valence-electron chi connectivity index (χ4n) is 4.22. The van der Waals surface area contributed by atoms with Gasteiger partial charge in [0.15, 0.2) is 0 Å². The summed E-state index contributed by atoms with van der Waals surface area (Å²) in [5.41, 5.74) is 2.79. The number of rotatable bonds is 13. The van der Waals surface area contributed by atoms with Crippen LogP contribution in [0.1, 0.15) is 102 Å². The summed E-state index contributed by atoms with van der Waals surface area (Å²) >= 11 is 1.99. The smallest absolute Gasteiger partial charge is 0.146 e. The average molecular weight is 395 g/mol. The van der Waals surface area contributed by atoms with E-state index in [1.807, 2.05) is 11.8 Å². The summed E-state index contributed by atoms with van der Waals surface area (Å²) in [7, 11) is 0. The molecule has 1 aromatic heterocycles. The number of aryl methyl sites for hydroxylation is 1. The van der Waals surface area contributed by atoms with Crippen LogP contribution in [0.5, 0.6) is 0 Å². The van der Waals surface area contributed by atoms with Gasteiger partial charge < -0.3 is 9.73 Å². The van der Waals surface area contributed by atoms with Gasteiger partial charge in [-0.25, -0.2) is 0 Å². The molecule has 154 valence electrons. The summed E-state index contributed by atoms with van der Waals surface area (Å²) in [5.74, 6) is 2.56. The lowest BCUT2D eigenvalue weighted by Gasteiger charge is -2.24. The van der Waals surface area contributed by atoms with E-state index >= 15 is 0 Å². The van der Waals surface area contributed by atoms with E-state index in [0.29, 0.717) is 11.2 Å². The second-order valence-corrected chi connectivity index (χ2v) is 9.69. The first-order valence-corrected chi connectivity index (χ1v) is 12.0. The number of thioether (sulfide) groups is 1. The predicted molar refractivity (Wildman–Crippen MR) is 115 cm³/mol. The predicted octanol–water partition coefficient (Wildman–Crippen LogP) is 6.63. The summed E-state index contributed by atoms with van der Waals surface area (Å²) < 4.78 is 5.66. The van der Waals surface area contributed by atoms with E-state index in [9.17, 15) is 5.21 Å². The number of nitrogens with zero attached hydrogens (tertiary/aromatic N) is 2. The van der Waals surface area contributed by atoms with E-state index in [2.05, 4.69) is 31.1 Å². The first kappa shape index (κ1) is 22.3. The van der Waals surface area contributed by atoms with Crippen LogP contribution in [0.25, 0.3) is 0 Å². The summed E-state index contributed by atoms with van der Waals surface area (Å²) in [6, 6.07) is 0. The fraction of sp³-hybridized carbons (Fsp3) is 0.818. The van der Waals surface area contributed by atoms with E-state index in [0.717, 1.165) is 60.6 Å². The van der Waals surface area contributed by atoms with Gasteiger partial charge in [-0.2, -0.15) is 11.8 Å². The van der Waals surface area contributed by atoms with Gasteiger partial charge in [-0.1, -0.05) is 76.0 Å². The van der Waals surface area contributed by atoms with Crippen molar-refractivity contribution in [2.45, 2.75) is 103 Å². The lowest BCUT2D eigenvalue weighted by atomic mass is 9.83. The van der Waals surface area contributed by atoms with Crippen molar-refractivity contribution in [3.63, 3.8) is 0 Å². The molecule has 27 heavy (non-hydrogen) atoms. The molecule has 4 nitrogen and oxygen atoms in total. The Hall–Kier alpha value is -0.970. The summed E-state index contributed by atoms with van der Waals surface area (Å²) in [6.07, 6.45) is 14.3. The molecule has 2 atom stereocenters. The van der Waals surface area contributed by atoms with Gasteiger partial charge in [0.2, 0.25) is 0 Å². The van der Waals surface area contributed by atoms with Gasteiger partial charge in [0.1, 0.15) is 5.76 Å². The van der Waals surface area contributed by atoms with Crippen molar-refractivity contribution in [2.24, 2.45) is 11.1 Å². The lowest BCUT2D eigenvalue weighted by molar-refractivity contribution is 0.310. The highest BCUT2D eigenvalue weighted by Crippen LogP contribution is 2.33. The summed E-state index contributed by atoms with van der Waals surface area (Å²) in [6.45, 7) is 6.75. The van der Waals surface area contributed by atoms with Crippen molar-refractivity contribution >= 4 is 17.5 Å². The van der Waals surface area contributed by atoms with E-state index in [4.69, 9.17) is 4.52 Å². The second-order valence-electron chi connectivity index (χ2n) is 7.97. The summed E-state index contributed by atoms with van der Waals surface area (Å²) in [5, 5.41) is 18.1. The molecule has 1 aliphatic rings. The normalized spacial score (nSPS) is 19.4. The van der Waals surface area contributed by atoms with Crippen LogP contribution in [0.4, 0.5) is 0 Å². The number of oxime groups is 1. The number of unbranched alkanes of at least 4 members (excludes halogenated alkanes) is 7. The van der Waals surface area contributed by atoms with Crippen LogP contribution < -0.4 is 0 Å². The molecular weight excluding hydrogens is 356 g/mol. The van der Waals surface area contributed by atoms with Gasteiger partial charge in [-0.05, 0) is 37.4 Å². The minimum absolute atomic E-state index is 0.487. The Morgan fingerprint density at radius 1 is 1.11 bits per heavy atom. The highest BCUT2D eigenvalue weighted by Gasteiger charge is 2.31. The molecule has 0 radical (unpaired) electrons. The van der Waals surface area contributed by atoms with E-state index in [-0.39, 0.29) is 0 Å². The Labute approximate surface area is 169 Å². The van der Waals surface area contributed by atoms with Crippen molar-refractivity contribution in [1.29, 1.82) is 0 Å². The first-order chi connectivity index (χ1) is 13.2. The van der Waals surface area contributed by atoms with Crippen LogP contribution in [0.3, 0.4) is 0 Å². The number of hydrogen-bond acceptors (Lipinski definition) is 5. The molecule has 2 rings (SSSR count). The molecular formula is C22H38N2O2S. The number of hydrogen-bond donors (Lipinski definition) is 1. The molecule has 0 fully saturated rings. The molecule has 0 spiro atoms. The maximum atomic E-state index is 9.56. The van der Waals surface area contributed by atoms with Crippen LogP contribution in [0, 0.1) is 5.92 Å². The number of aromatic nitrogens is 1. The molecule has 1 aromatic rings. The van der Waals surface area contributed by atoms with E-state index in [1.54, 1.807) is 0 Å². The van der Waals surface area contributed by atoms with Gasteiger partial charge in [-0.15, -0.1) is 0 Å². The monoisotopic (exact) mass is 394 g/mol. The van der Waals surface area contributed by atoms with Crippen molar-refractivity contribution in [1.82, 2.24) is 5.16 Å². The Bertz CT molecular complexity index is 571. The number of fused-ring (bicyclic) bond motifs is 1. The average Bonchev–Trinajstić information content (AvgIpc) is 3.06. The summed E-state index contributed by atoms with van der Waals surface area (Å²) in [4.78, 5) is 0. The Morgan fingerprint density at radius 3 is 2.48 bits per heavy atom. The van der Waals surface area contributed by atoms with E-state index < -0.39 is 0 Å². The van der Waals surface area contributed by atoms with Gasteiger partial charge in [-0.3, -0.25) is 0 Å². The first-order valence-electron chi connectivity index (χ1n) is 11.0.